The van der Waals surface area contributed by atoms with Gasteiger partial charge in [0.2, 0.25) is 5.89 Å². The number of aromatic nitrogens is 5. The van der Waals surface area contributed by atoms with E-state index in [1.165, 1.54) is 0 Å². The maximum atomic E-state index is 5.33. The molecule has 0 aliphatic heterocycles. The molecular formula is C19H17N5O2. The van der Waals surface area contributed by atoms with Gasteiger partial charge in [0.05, 0.1) is 13.3 Å². The summed E-state index contributed by atoms with van der Waals surface area (Å²) in [5.74, 6) is 1.95. The first kappa shape index (κ1) is 16.0. The van der Waals surface area contributed by atoms with Gasteiger partial charge in [-0.15, -0.1) is 5.10 Å². The molecule has 0 atom stereocenters. The van der Waals surface area contributed by atoms with Crippen LogP contribution in [-0.4, -0.2) is 32.2 Å². The van der Waals surface area contributed by atoms with Crippen molar-refractivity contribution in [3.8, 4) is 17.0 Å². The number of rotatable bonds is 6. The van der Waals surface area contributed by atoms with Crippen LogP contribution >= 0.6 is 0 Å². The van der Waals surface area contributed by atoms with Crippen LogP contribution in [0.25, 0.3) is 11.3 Å². The van der Waals surface area contributed by atoms with Gasteiger partial charge < -0.3 is 9.26 Å². The van der Waals surface area contributed by atoms with Gasteiger partial charge in [-0.3, -0.25) is 0 Å². The summed E-state index contributed by atoms with van der Waals surface area (Å²) in [5, 5.41) is 12.3. The van der Waals surface area contributed by atoms with E-state index in [0.29, 0.717) is 24.7 Å². The minimum absolute atomic E-state index is 0.384. The number of benzene rings is 2. The van der Waals surface area contributed by atoms with Crippen molar-refractivity contribution in [1.82, 2.24) is 25.1 Å². The Hall–Kier alpha value is -3.48. The summed E-state index contributed by atoms with van der Waals surface area (Å²) in [5.41, 5.74) is 2.92. The highest BCUT2D eigenvalue weighted by atomic mass is 16.5. The number of ether oxygens (including phenoxy) is 1. The predicted molar refractivity (Wildman–Crippen MR) is 94.7 cm³/mol. The Morgan fingerprint density at radius 1 is 1.04 bits per heavy atom. The first-order valence-corrected chi connectivity index (χ1v) is 8.20. The first-order chi connectivity index (χ1) is 12.8. The van der Waals surface area contributed by atoms with Crippen LogP contribution in [0.2, 0.25) is 0 Å². The van der Waals surface area contributed by atoms with Crippen LogP contribution in [0.1, 0.15) is 17.3 Å². The molecule has 2 heterocycles. The summed E-state index contributed by atoms with van der Waals surface area (Å²) in [6.45, 7) is 0.384. The molecule has 4 rings (SSSR count). The zero-order valence-corrected chi connectivity index (χ0v) is 14.2. The lowest BCUT2D eigenvalue weighted by molar-refractivity contribution is 0.360. The maximum absolute atomic E-state index is 5.33. The van der Waals surface area contributed by atoms with Crippen LogP contribution in [0.4, 0.5) is 0 Å². The minimum atomic E-state index is 0.384. The fourth-order valence-electron chi connectivity index (χ4n) is 2.61. The van der Waals surface area contributed by atoms with E-state index in [1.54, 1.807) is 11.8 Å². The zero-order chi connectivity index (χ0) is 17.8. The molecule has 0 fully saturated rings. The van der Waals surface area contributed by atoms with Crippen LogP contribution in [0.5, 0.6) is 5.75 Å². The molecule has 0 amide bonds. The van der Waals surface area contributed by atoms with Crippen molar-refractivity contribution in [1.29, 1.82) is 0 Å². The van der Waals surface area contributed by atoms with E-state index in [2.05, 4.69) is 20.5 Å². The van der Waals surface area contributed by atoms with Crippen molar-refractivity contribution in [2.75, 3.05) is 7.11 Å². The molecule has 130 valence electrons. The molecule has 0 saturated heterocycles. The molecular weight excluding hydrogens is 330 g/mol. The Kier molecular flexibility index (Phi) is 4.42. The summed E-state index contributed by atoms with van der Waals surface area (Å²) in [4.78, 5) is 4.43. The molecule has 2 aromatic carbocycles. The molecule has 26 heavy (non-hydrogen) atoms. The molecule has 7 nitrogen and oxygen atoms in total. The monoisotopic (exact) mass is 347 g/mol. The van der Waals surface area contributed by atoms with Crippen LogP contribution < -0.4 is 4.74 Å². The second-order valence-electron chi connectivity index (χ2n) is 5.80. The second-order valence-corrected chi connectivity index (χ2v) is 5.80. The molecule has 0 spiro atoms. The van der Waals surface area contributed by atoms with E-state index < -0.39 is 0 Å². The molecule has 0 bridgehead atoms. The summed E-state index contributed by atoms with van der Waals surface area (Å²) < 4.78 is 12.2. The van der Waals surface area contributed by atoms with Crippen LogP contribution in [0.15, 0.2) is 65.3 Å². The molecule has 0 unspecified atom stereocenters. The topological polar surface area (TPSA) is 78.9 Å². The van der Waals surface area contributed by atoms with Gasteiger partial charge in [0.25, 0.3) is 0 Å². The lowest BCUT2D eigenvalue weighted by Crippen LogP contribution is -2.01. The Morgan fingerprint density at radius 3 is 2.62 bits per heavy atom. The molecule has 4 aromatic rings. The SMILES string of the molecule is COc1ccc(Cc2noc(Cn3cc(-c4ccccc4)nn3)n2)cc1. The number of hydrogen-bond acceptors (Lipinski definition) is 6. The molecule has 0 saturated carbocycles. The molecule has 0 aliphatic rings. The predicted octanol–water partition coefficient (Wildman–Crippen LogP) is 2.98. The second kappa shape index (κ2) is 7.18. The van der Waals surface area contributed by atoms with Crippen LogP contribution in [0, 0.1) is 0 Å². The summed E-state index contributed by atoms with van der Waals surface area (Å²) in [7, 11) is 1.65. The lowest BCUT2D eigenvalue weighted by Gasteiger charge is -2.00. The number of hydrogen-bond donors (Lipinski definition) is 0. The van der Waals surface area contributed by atoms with Gasteiger partial charge in [0, 0.05) is 12.0 Å². The molecule has 7 heteroatoms. The van der Waals surface area contributed by atoms with Gasteiger partial charge in [0.1, 0.15) is 18.0 Å². The third kappa shape index (κ3) is 3.61. The van der Waals surface area contributed by atoms with Crippen molar-refractivity contribution < 1.29 is 9.26 Å². The van der Waals surface area contributed by atoms with Crippen molar-refractivity contribution in [3.63, 3.8) is 0 Å². The molecule has 2 aromatic heterocycles. The van der Waals surface area contributed by atoms with Crippen molar-refractivity contribution in [3.05, 3.63) is 78.1 Å². The van der Waals surface area contributed by atoms with Gasteiger partial charge in [-0.05, 0) is 17.7 Å². The average Bonchev–Trinajstić information content (AvgIpc) is 3.33. The molecule has 0 aliphatic carbocycles. The number of nitrogens with zero attached hydrogens (tertiary/aromatic N) is 5. The lowest BCUT2D eigenvalue weighted by atomic mass is 10.1. The fourth-order valence-corrected chi connectivity index (χ4v) is 2.61. The molecule has 0 N–H and O–H groups in total. The van der Waals surface area contributed by atoms with Crippen LogP contribution in [-0.2, 0) is 13.0 Å². The van der Waals surface area contributed by atoms with E-state index in [0.717, 1.165) is 22.6 Å². The van der Waals surface area contributed by atoms with Gasteiger partial charge in [-0.2, -0.15) is 4.98 Å². The van der Waals surface area contributed by atoms with Gasteiger partial charge in [-0.1, -0.05) is 52.8 Å². The highest BCUT2D eigenvalue weighted by molar-refractivity contribution is 5.57. The quantitative estimate of drug-likeness (QED) is 0.533. The number of methoxy groups -OCH3 is 1. The Labute approximate surface area is 150 Å². The summed E-state index contributed by atoms with van der Waals surface area (Å²) in [6.07, 6.45) is 2.46. The Morgan fingerprint density at radius 2 is 1.85 bits per heavy atom. The van der Waals surface area contributed by atoms with E-state index in [4.69, 9.17) is 9.26 Å². The van der Waals surface area contributed by atoms with Crippen LogP contribution in [0.3, 0.4) is 0 Å². The summed E-state index contributed by atoms with van der Waals surface area (Å²) >= 11 is 0. The normalized spacial score (nSPS) is 10.8. The van der Waals surface area contributed by atoms with Gasteiger partial charge >= 0.3 is 0 Å². The third-order valence-electron chi connectivity index (χ3n) is 3.94. The standard InChI is InChI=1S/C19H17N5O2/c1-25-16-9-7-14(8-10-16)11-18-20-19(26-22-18)13-24-12-17(21-23-24)15-5-3-2-4-6-15/h2-10,12H,11,13H2,1H3. The van der Waals surface area contributed by atoms with E-state index in [9.17, 15) is 0 Å². The highest BCUT2D eigenvalue weighted by Crippen LogP contribution is 2.16. The third-order valence-corrected chi connectivity index (χ3v) is 3.94. The fraction of sp³-hybridized carbons (Fsp3) is 0.158. The van der Waals surface area contributed by atoms with Gasteiger partial charge in [0.15, 0.2) is 5.82 Å². The van der Waals surface area contributed by atoms with Gasteiger partial charge in [-0.25, -0.2) is 4.68 Å². The largest absolute Gasteiger partial charge is 0.497 e. The van der Waals surface area contributed by atoms with Crippen molar-refractivity contribution >= 4 is 0 Å². The van der Waals surface area contributed by atoms with E-state index >= 15 is 0 Å². The highest BCUT2D eigenvalue weighted by Gasteiger charge is 2.10. The Balaban J connectivity index is 1.43. The van der Waals surface area contributed by atoms with Crippen molar-refractivity contribution in [2.24, 2.45) is 0 Å². The van der Waals surface area contributed by atoms with E-state index in [-0.39, 0.29) is 0 Å². The maximum Gasteiger partial charge on any atom is 0.248 e. The molecule has 0 radical (unpaired) electrons. The Bertz CT molecular complexity index is 977. The van der Waals surface area contributed by atoms with Crippen molar-refractivity contribution in [2.45, 2.75) is 13.0 Å². The minimum Gasteiger partial charge on any atom is -0.497 e. The first-order valence-electron chi connectivity index (χ1n) is 8.20. The summed E-state index contributed by atoms with van der Waals surface area (Å²) in [6, 6.07) is 17.7. The zero-order valence-electron chi connectivity index (χ0n) is 14.2. The average molecular weight is 347 g/mol. The smallest absolute Gasteiger partial charge is 0.248 e. The van der Waals surface area contributed by atoms with E-state index in [1.807, 2.05) is 60.8 Å².